The molecule has 0 amide bonds. The van der Waals surface area contributed by atoms with Crippen LogP contribution in [0.2, 0.25) is 0 Å². The normalized spacial score (nSPS) is 17.0. The van der Waals surface area contributed by atoms with E-state index in [4.69, 9.17) is 10.3 Å². The van der Waals surface area contributed by atoms with Crippen LogP contribution in [-0.2, 0) is 0 Å². The Balaban J connectivity index is 1.89. The number of aliphatic hydroxyl groups is 1. The summed E-state index contributed by atoms with van der Waals surface area (Å²) in [5.74, 6) is 0.669. The van der Waals surface area contributed by atoms with Crippen molar-refractivity contribution in [3.63, 3.8) is 0 Å². The molecule has 0 bridgehead atoms. The third-order valence-corrected chi connectivity index (χ3v) is 3.67. The zero-order chi connectivity index (χ0) is 13.5. The molecule has 0 aliphatic carbocycles. The number of piperidine rings is 1. The number of hydrogen-bond donors (Lipinski definition) is 3. The highest BCUT2D eigenvalue weighted by Gasteiger charge is 2.18. The molecule has 5 nitrogen and oxygen atoms in total. The van der Waals surface area contributed by atoms with Gasteiger partial charge in [-0.25, -0.2) is 0 Å². The van der Waals surface area contributed by atoms with Gasteiger partial charge in [0, 0.05) is 31.1 Å². The Bertz CT molecular complexity index is 398. The minimum Gasteiger partial charge on any atom is -0.410 e. The second-order valence-corrected chi connectivity index (χ2v) is 4.88. The molecule has 0 unspecified atom stereocenters. The Morgan fingerprint density at radius 3 is 2.53 bits per heavy atom. The SMILES string of the molecule is OCCC1CCN(c2ccc(N/C=N/O)cc2)CC1. The van der Waals surface area contributed by atoms with Crippen molar-refractivity contribution in [3.8, 4) is 0 Å². The molecule has 2 rings (SSSR count). The van der Waals surface area contributed by atoms with Gasteiger partial charge in [0.25, 0.3) is 0 Å². The number of aliphatic hydroxyl groups excluding tert-OH is 1. The van der Waals surface area contributed by atoms with E-state index in [1.165, 1.54) is 12.0 Å². The molecule has 0 spiro atoms. The molecule has 0 atom stereocenters. The van der Waals surface area contributed by atoms with E-state index < -0.39 is 0 Å². The first kappa shape index (κ1) is 13.7. The largest absolute Gasteiger partial charge is 0.410 e. The molecular weight excluding hydrogens is 242 g/mol. The van der Waals surface area contributed by atoms with E-state index in [-0.39, 0.29) is 0 Å². The van der Waals surface area contributed by atoms with Gasteiger partial charge >= 0.3 is 0 Å². The molecule has 3 N–H and O–H groups in total. The number of benzene rings is 1. The standard InChI is InChI=1S/C14H21N3O2/c18-10-7-12-5-8-17(9-6-12)14-3-1-13(2-4-14)15-11-16-19/h1-4,11-12,18-19H,5-10H2,(H,15,16). The van der Waals surface area contributed by atoms with Crippen molar-refractivity contribution in [1.29, 1.82) is 0 Å². The highest BCUT2D eigenvalue weighted by molar-refractivity contribution is 5.75. The number of rotatable bonds is 5. The third kappa shape index (κ3) is 3.86. The van der Waals surface area contributed by atoms with Crippen molar-refractivity contribution in [2.75, 3.05) is 29.9 Å². The Morgan fingerprint density at radius 1 is 1.26 bits per heavy atom. The molecule has 5 heteroatoms. The van der Waals surface area contributed by atoms with Crippen LogP contribution in [0, 0.1) is 5.92 Å². The van der Waals surface area contributed by atoms with Crippen LogP contribution in [0.25, 0.3) is 0 Å². The van der Waals surface area contributed by atoms with Crippen LogP contribution < -0.4 is 10.2 Å². The van der Waals surface area contributed by atoms with Crippen molar-refractivity contribution in [2.45, 2.75) is 19.3 Å². The highest BCUT2D eigenvalue weighted by atomic mass is 16.4. The molecule has 0 radical (unpaired) electrons. The lowest BCUT2D eigenvalue weighted by Crippen LogP contribution is -2.33. The number of hydrogen-bond acceptors (Lipinski definition) is 4. The van der Waals surface area contributed by atoms with Gasteiger partial charge in [-0.1, -0.05) is 5.16 Å². The maximum absolute atomic E-state index is 8.95. The van der Waals surface area contributed by atoms with Gasteiger partial charge in [-0.2, -0.15) is 0 Å². The predicted molar refractivity (Wildman–Crippen MR) is 77.0 cm³/mol. The van der Waals surface area contributed by atoms with Crippen LogP contribution >= 0.6 is 0 Å². The summed E-state index contributed by atoms with van der Waals surface area (Å²) < 4.78 is 0. The summed E-state index contributed by atoms with van der Waals surface area (Å²) in [6.07, 6.45) is 4.47. The van der Waals surface area contributed by atoms with Gasteiger partial charge in [0.1, 0.15) is 6.34 Å². The molecule has 19 heavy (non-hydrogen) atoms. The molecular formula is C14H21N3O2. The molecule has 1 heterocycles. The molecule has 1 aromatic rings. The van der Waals surface area contributed by atoms with Gasteiger partial charge in [-0.05, 0) is 49.4 Å². The minimum atomic E-state index is 0.303. The average Bonchev–Trinajstić information content (AvgIpc) is 2.47. The minimum absolute atomic E-state index is 0.303. The van der Waals surface area contributed by atoms with Gasteiger partial charge in [0.2, 0.25) is 0 Å². The van der Waals surface area contributed by atoms with Crippen LogP contribution in [0.4, 0.5) is 11.4 Å². The number of anilines is 2. The maximum atomic E-state index is 8.95. The van der Waals surface area contributed by atoms with Gasteiger partial charge < -0.3 is 20.5 Å². The zero-order valence-corrected chi connectivity index (χ0v) is 11.0. The van der Waals surface area contributed by atoms with Crippen LogP contribution in [0.5, 0.6) is 0 Å². The van der Waals surface area contributed by atoms with Gasteiger partial charge in [-0.3, -0.25) is 0 Å². The second-order valence-electron chi connectivity index (χ2n) is 4.88. The van der Waals surface area contributed by atoms with E-state index in [0.29, 0.717) is 12.5 Å². The smallest absolute Gasteiger partial charge is 0.132 e. The van der Waals surface area contributed by atoms with Gasteiger partial charge in [0.05, 0.1) is 0 Å². The van der Waals surface area contributed by atoms with E-state index in [2.05, 4.69) is 27.5 Å². The third-order valence-electron chi connectivity index (χ3n) is 3.67. The van der Waals surface area contributed by atoms with Crippen molar-refractivity contribution < 1.29 is 10.3 Å². The molecule has 1 aromatic carbocycles. The molecule has 1 aliphatic rings. The molecule has 0 aromatic heterocycles. The van der Waals surface area contributed by atoms with Crippen molar-refractivity contribution in [2.24, 2.45) is 11.1 Å². The average molecular weight is 263 g/mol. The Morgan fingerprint density at radius 2 is 1.95 bits per heavy atom. The Labute approximate surface area is 113 Å². The summed E-state index contributed by atoms with van der Waals surface area (Å²) in [7, 11) is 0. The number of oxime groups is 1. The molecule has 1 saturated heterocycles. The lowest BCUT2D eigenvalue weighted by Gasteiger charge is -2.33. The highest BCUT2D eigenvalue weighted by Crippen LogP contribution is 2.25. The Kier molecular flexibility index (Phi) is 5.03. The first-order valence-electron chi connectivity index (χ1n) is 6.72. The first-order chi connectivity index (χ1) is 9.33. The molecule has 104 valence electrons. The lowest BCUT2D eigenvalue weighted by atomic mass is 9.93. The zero-order valence-electron chi connectivity index (χ0n) is 11.0. The van der Waals surface area contributed by atoms with E-state index in [0.717, 1.165) is 38.0 Å². The summed E-state index contributed by atoms with van der Waals surface area (Å²) in [6.45, 7) is 2.41. The van der Waals surface area contributed by atoms with Gasteiger partial charge in [-0.15, -0.1) is 0 Å². The first-order valence-corrected chi connectivity index (χ1v) is 6.72. The van der Waals surface area contributed by atoms with E-state index in [1.807, 2.05) is 12.1 Å². The van der Waals surface area contributed by atoms with Crippen LogP contribution in [0.3, 0.4) is 0 Å². The number of nitrogens with zero attached hydrogens (tertiary/aromatic N) is 2. The summed E-state index contributed by atoms with van der Waals surface area (Å²) in [5.41, 5.74) is 2.12. The molecule has 0 saturated carbocycles. The van der Waals surface area contributed by atoms with Crippen LogP contribution in [0.1, 0.15) is 19.3 Å². The maximum Gasteiger partial charge on any atom is 0.132 e. The Hall–Kier alpha value is -1.75. The van der Waals surface area contributed by atoms with Crippen molar-refractivity contribution in [1.82, 2.24) is 0 Å². The van der Waals surface area contributed by atoms with Crippen molar-refractivity contribution in [3.05, 3.63) is 24.3 Å². The lowest BCUT2D eigenvalue weighted by molar-refractivity contribution is 0.240. The van der Waals surface area contributed by atoms with E-state index in [1.54, 1.807) is 0 Å². The fourth-order valence-electron chi connectivity index (χ4n) is 2.53. The van der Waals surface area contributed by atoms with E-state index in [9.17, 15) is 0 Å². The predicted octanol–water partition coefficient (Wildman–Crippen LogP) is 2.11. The van der Waals surface area contributed by atoms with Crippen LogP contribution in [0.15, 0.2) is 29.4 Å². The quantitative estimate of drug-likeness (QED) is 0.329. The summed E-state index contributed by atoms with van der Waals surface area (Å²) in [5, 5.41) is 23.1. The number of nitrogens with one attached hydrogen (secondary N) is 1. The second kappa shape index (κ2) is 6.99. The summed E-state index contributed by atoms with van der Waals surface area (Å²) in [6, 6.07) is 8.08. The fraction of sp³-hybridized carbons (Fsp3) is 0.500. The van der Waals surface area contributed by atoms with Crippen LogP contribution in [-0.4, -0.2) is 36.3 Å². The van der Waals surface area contributed by atoms with Crippen molar-refractivity contribution >= 4 is 17.7 Å². The molecule has 1 aliphatic heterocycles. The summed E-state index contributed by atoms with van der Waals surface area (Å²) >= 11 is 0. The van der Waals surface area contributed by atoms with E-state index >= 15 is 0 Å². The van der Waals surface area contributed by atoms with Gasteiger partial charge in [0.15, 0.2) is 0 Å². The topological polar surface area (TPSA) is 68.1 Å². The monoisotopic (exact) mass is 263 g/mol. The fourth-order valence-corrected chi connectivity index (χ4v) is 2.53. The molecule has 1 fully saturated rings. The summed E-state index contributed by atoms with van der Waals surface area (Å²) in [4.78, 5) is 2.37.